The molecule has 1 aromatic carbocycles. The van der Waals surface area contributed by atoms with E-state index >= 15 is 0 Å². The van der Waals surface area contributed by atoms with Crippen LogP contribution in [0, 0.1) is 0 Å². The molecule has 12 heteroatoms. The number of carbonyl (C=O) groups excluding carboxylic acids is 5. The molecule has 3 rings (SSSR count). The smallest absolute Gasteiger partial charge is 0.303 e. The highest BCUT2D eigenvalue weighted by Gasteiger charge is 2.51. The zero-order valence-electron chi connectivity index (χ0n) is 22.1. The first-order valence-corrected chi connectivity index (χ1v) is 12.1. The molecule has 0 aromatic heterocycles. The number of ether oxygens (including phenoxy) is 5. The molecule has 1 aliphatic carbocycles. The number of hydrogen-bond acceptors (Lipinski definition) is 12. The topological polar surface area (TPSA) is 172 Å². The van der Waals surface area contributed by atoms with Crippen molar-refractivity contribution in [3.05, 3.63) is 46.6 Å². The lowest BCUT2D eigenvalue weighted by molar-refractivity contribution is -0.200. The van der Waals surface area contributed by atoms with Gasteiger partial charge >= 0.3 is 17.9 Å². The minimum absolute atomic E-state index is 0.0571. The molecule has 0 spiro atoms. The number of phenolic OH excluding ortho intramolecular Hbond substituents is 2. The van der Waals surface area contributed by atoms with Gasteiger partial charge in [0.25, 0.3) is 0 Å². The summed E-state index contributed by atoms with van der Waals surface area (Å²) in [7, 11) is 0. The van der Waals surface area contributed by atoms with Gasteiger partial charge in [-0.05, 0) is 38.5 Å². The molecule has 2 aliphatic rings. The number of rotatable bonds is 9. The Labute approximate surface area is 224 Å². The number of aromatic hydroxyl groups is 2. The van der Waals surface area contributed by atoms with Gasteiger partial charge in [-0.25, -0.2) is 0 Å². The summed E-state index contributed by atoms with van der Waals surface area (Å²) in [5.41, 5.74) is -0.00804. The highest BCUT2D eigenvalue weighted by Crippen LogP contribution is 2.38. The Hall–Kier alpha value is -4.03. The van der Waals surface area contributed by atoms with Crippen molar-refractivity contribution in [3.63, 3.8) is 0 Å². The minimum atomic E-state index is -1.42. The highest BCUT2D eigenvalue weighted by atomic mass is 16.7. The van der Waals surface area contributed by atoms with Crippen LogP contribution in [0.2, 0.25) is 0 Å². The van der Waals surface area contributed by atoms with E-state index in [1.54, 1.807) is 19.9 Å². The van der Waals surface area contributed by atoms with Crippen molar-refractivity contribution in [2.24, 2.45) is 0 Å². The summed E-state index contributed by atoms with van der Waals surface area (Å²) in [5, 5.41) is 20.5. The van der Waals surface area contributed by atoms with Gasteiger partial charge in [-0.2, -0.15) is 0 Å². The van der Waals surface area contributed by atoms with Crippen LogP contribution in [-0.4, -0.2) is 77.0 Å². The van der Waals surface area contributed by atoms with Crippen LogP contribution in [-0.2, 0) is 38.1 Å². The van der Waals surface area contributed by atoms with Gasteiger partial charge in [0.05, 0.1) is 17.2 Å². The Morgan fingerprint density at radius 3 is 2.08 bits per heavy atom. The molecule has 1 unspecified atom stereocenters. The number of ketones is 2. The number of hydrogen-bond donors (Lipinski definition) is 2. The third-order valence-electron chi connectivity index (χ3n) is 5.89. The van der Waals surface area contributed by atoms with Gasteiger partial charge in [0.1, 0.15) is 24.2 Å². The van der Waals surface area contributed by atoms with Crippen molar-refractivity contribution in [2.75, 3.05) is 6.61 Å². The lowest BCUT2D eigenvalue weighted by Crippen LogP contribution is -2.43. The van der Waals surface area contributed by atoms with Crippen LogP contribution in [0.1, 0.15) is 61.8 Å². The standard InChI is InChI=1S/C27H30O12/c1-12(2)6-9-20(16-10-19(33)22-17(31)7-8-18(32)23(22)24(16)34)38-27-26(37-15(5)30)25(36-14(4)29)21(39-27)11-35-13(3)28/h6-8,10,20-21,25-27,31-32H,9,11H2,1-5H3/t20?,21-,25-,26+,27-/m1/s1. The zero-order valence-corrected chi connectivity index (χ0v) is 22.1. The number of Topliss-reactive ketones (excluding diaryl/α,β-unsaturated/α-hetero) is 1. The fourth-order valence-corrected chi connectivity index (χ4v) is 4.27. The Kier molecular flexibility index (Phi) is 9.25. The third kappa shape index (κ3) is 6.89. The summed E-state index contributed by atoms with van der Waals surface area (Å²) >= 11 is 0. The Morgan fingerprint density at radius 1 is 0.923 bits per heavy atom. The second-order valence-electron chi connectivity index (χ2n) is 9.28. The predicted molar refractivity (Wildman–Crippen MR) is 132 cm³/mol. The molecule has 12 nitrogen and oxygen atoms in total. The van der Waals surface area contributed by atoms with Gasteiger partial charge < -0.3 is 33.9 Å². The van der Waals surface area contributed by atoms with E-state index in [2.05, 4.69) is 0 Å². The molecule has 0 saturated carbocycles. The van der Waals surface area contributed by atoms with Crippen molar-refractivity contribution in [1.29, 1.82) is 0 Å². The van der Waals surface area contributed by atoms with Crippen molar-refractivity contribution >= 4 is 29.5 Å². The molecule has 0 radical (unpaired) electrons. The highest BCUT2D eigenvalue weighted by molar-refractivity contribution is 6.27. The van der Waals surface area contributed by atoms with E-state index in [-0.39, 0.29) is 29.7 Å². The first kappa shape index (κ1) is 29.5. The first-order chi connectivity index (χ1) is 18.3. The second kappa shape index (κ2) is 12.2. The molecular formula is C27H30O12. The summed E-state index contributed by atoms with van der Waals surface area (Å²) in [6.07, 6.45) is -3.42. The summed E-state index contributed by atoms with van der Waals surface area (Å²) in [6, 6.07) is 2.19. The third-order valence-corrected chi connectivity index (χ3v) is 5.89. The molecule has 1 aliphatic heterocycles. The maximum atomic E-state index is 13.5. The normalized spacial score (nSPS) is 22.8. The maximum Gasteiger partial charge on any atom is 0.303 e. The largest absolute Gasteiger partial charge is 0.507 e. The molecule has 210 valence electrons. The van der Waals surface area contributed by atoms with Crippen LogP contribution in [0.25, 0.3) is 0 Å². The Bertz CT molecular complexity index is 1240. The predicted octanol–water partition coefficient (Wildman–Crippen LogP) is 2.30. The fraction of sp³-hybridized carbons (Fsp3) is 0.444. The average molecular weight is 547 g/mol. The molecule has 1 fully saturated rings. The molecule has 5 atom stereocenters. The van der Waals surface area contributed by atoms with E-state index in [0.29, 0.717) is 0 Å². The van der Waals surface area contributed by atoms with Crippen LogP contribution >= 0.6 is 0 Å². The fourth-order valence-electron chi connectivity index (χ4n) is 4.27. The van der Waals surface area contributed by atoms with Gasteiger partial charge in [-0.3, -0.25) is 24.0 Å². The molecule has 0 amide bonds. The first-order valence-electron chi connectivity index (χ1n) is 12.1. The second-order valence-corrected chi connectivity index (χ2v) is 9.28. The van der Waals surface area contributed by atoms with Crippen molar-refractivity contribution in [3.8, 4) is 11.5 Å². The summed E-state index contributed by atoms with van der Waals surface area (Å²) < 4.78 is 27.7. The number of allylic oxidation sites excluding steroid dienone is 2. The van der Waals surface area contributed by atoms with E-state index in [4.69, 9.17) is 23.7 Å². The summed E-state index contributed by atoms with van der Waals surface area (Å²) in [4.78, 5) is 61.5. The van der Waals surface area contributed by atoms with Gasteiger partial charge in [-0.15, -0.1) is 0 Å². The van der Waals surface area contributed by atoms with E-state index in [1.807, 2.05) is 0 Å². The Balaban J connectivity index is 2.02. The maximum absolute atomic E-state index is 13.5. The van der Waals surface area contributed by atoms with Crippen molar-refractivity contribution in [2.45, 2.75) is 71.7 Å². The summed E-state index contributed by atoms with van der Waals surface area (Å²) in [6.45, 7) is 6.68. The number of benzene rings is 1. The quantitative estimate of drug-likeness (QED) is 0.201. The Morgan fingerprint density at radius 2 is 1.51 bits per heavy atom. The molecule has 2 N–H and O–H groups in total. The molecule has 1 heterocycles. The van der Waals surface area contributed by atoms with Crippen LogP contribution in [0.15, 0.2) is 35.4 Å². The van der Waals surface area contributed by atoms with Crippen molar-refractivity contribution < 1.29 is 57.9 Å². The average Bonchev–Trinajstić information content (AvgIpc) is 3.13. The van der Waals surface area contributed by atoms with Crippen LogP contribution in [0.5, 0.6) is 11.5 Å². The lowest BCUT2D eigenvalue weighted by Gasteiger charge is -2.28. The molecule has 1 aromatic rings. The molecular weight excluding hydrogens is 516 g/mol. The van der Waals surface area contributed by atoms with E-state index in [0.717, 1.165) is 37.6 Å². The number of phenols is 2. The minimum Gasteiger partial charge on any atom is -0.507 e. The molecule has 1 saturated heterocycles. The summed E-state index contributed by atoms with van der Waals surface area (Å²) in [5.74, 6) is -4.57. The van der Waals surface area contributed by atoms with Gasteiger partial charge in [-0.1, -0.05) is 11.6 Å². The van der Waals surface area contributed by atoms with Gasteiger partial charge in [0.2, 0.25) is 0 Å². The monoisotopic (exact) mass is 546 g/mol. The zero-order chi connectivity index (χ0) is 29.0. The van der Waals surface area contributed by atoms with Crippen LogP contribution in [0.4, 0.5) is 0 Å². The van der Waals surface area contributed by atoms with E-state index in [1.165, 1.54) is 6.92 Å². The van der Waals surface area contributed by atoms with Crippen LogP contribution in [0.3, 0.4) is 0 Å². The number of carbonyl (C=O) groups is 5. The van der Waals surface area contributed by atoms with Gasteiger partial charge in [0, 0.05) is 26.3 Å². The molecule has 39 heavy (non-hydrogen) atoms. The SMILES string of the molecule is CC(=O)OC[C@H]1O[C@@H](OC(CC=C(C)C)C2=CC(=O)c3c(O)ccc(O)c3C2=O)[C@@H](OC(C)=O)[C@@H]1OC(C)=O. The van der Waals surface area contributed by atoms with Gasteiger partial charge in [0.15, 0.2) is 30.1 Å². The van der Waals surface area contributed by atoms with E-state index < -0.39 is 71.7 Å². The lowest BCUT2D eigenvalue weighted by atomic mass is 9.85. The molecule has 0 bridgehead atoms. The van der Waals surface area contributed by atoms with Crippen molar-refractivity contribution in [1.82, 2.24) is 0 Å². The van der Waals surface area contributed by atoms with Crippen LogP contribution < -0.4 is 0 Å². The van der Waals surface area contributed by atoms with E-state index in [9.17, 15) is 34.2 Å². The number of fused-ring (bicyclic) bond motifs is 1. The number of esters is 3.